The van der Waals surface area contributed by atoms with E-state index in [1.165, 1.54) is 29.4 Å². The number of pyridine rings is 3. The lowest BCUT2D eigenvalue weighted by Gasteiger charge is -2.39. The van der Waals surface area contributed by atoms with Crippen LogP contribution in [0.1, 0.15) is 21.5 Å². The van der Waals surface area contributed by atoms with Gasteiger partial charge in [0.05, 0.1) is 17.5 Å². The molecule has 0 bridgehead atoms. The summed E-state index contributed by atoms with van der Waals surface area (Å²) in [7, 11) is 0. The summed E-state index contributed by atoms with van der Waals surface area (Å²) in [6.45, 7) is 2.73. The fourth-order valence-electron chi connectivity index (χ4n) is 4.14. The topological polar surface area (TPSA) is 158 Å². The molecule has 0 aromatic carbocycles. The average molecular weight is 539 g/mol. The van der Waals surface area contributed by atoms with Gasteiger partial charge in [0.15, 0.2) is 5.65 Å². The minimum absolute atomic E-state index is 0.0213. The molecule has 12 nitrogen and oxygen atoms in total. The van der Waals surface area contributed by atoms with Crippen molar-refractivity contribution in [3.63, 3.8) is 0 Å². The van der Waals surface area contributed by atoms with Crippen molar-refractivity contribution in [1.82, 2.24) is 29.2 Å². The number of nitrogens with zero attached hydrogens (tertiary/aromatic N) is 6. The van der Waals surface area contributed by atoms with Crippen LogP contribution >= 0.6 is 11.5 Å². The molecular formula is C24H23FN8O4S. The normalized spacial score (nSPS) is 13.4. The van der Waals surface area contributed by atoms with Crippen LogP contribution < -0.4 is 21.4 Å². The van der Waals surface area contributed by atoms with Gasteiger partial charge in [-0.05, 0) is 24.6 Å². The summed E-state index contributed by atoms with van der Waals surface area (Å²) in [5.74, 6) is -1.19. The van der Waals surface area contributed by atoms with Crippen molar-refractivity contribution in [3.05, 3.63) is 69.8 Å². The molecule has 4 aromatic heterocycles. The number of fused-ring (bicyclic) bond motifs is 1. The molecule has 1 aliphatic heterocycles. The minimum Gasteiger partial charge on any atom is -0.461 e. The number of ether oxygens (including phenoxy) is 1. The number of halogens is 1. The maximum atomic E-state index is 13.8. The number of carbonyl (C=O) groups is 2. The smallest absolute Gasteiger partial charge is 0.343 e. The summed E-state index contributed by atoms with van der Waals surface area (Å²) in [6.07, 6.45) is 5.29. The first kappa shape index (κ1) is 25.4. The summed E-state index contributed by atoms with van der Waals surface area (Å²) >= 11 is 1.07. The number of aryl methyl sites for hydroxylation is 1. The molecule has 1 aliphatic rings. The Morgan fingerprint density at radius 3 is 2.87 bits per heavy atom. The van der Waals surface area contributed by atoms with Gasteiger partial charge in [0.25, 0.3) is 0 Å². The van der Waals surface area contributed by atoms with Gasteiger partial charge < -0.3 is 20.7 Å². The highest BCUT2D eigenvalue weighted by atomic mass is 32.1. The van der Waals surface area contributed by atoms with E-state index in [0.29, 0.717) is 40.8 Å². The predicted octanol–water partition coefficient (Wildman–Crippen LogP) is 0.948. The molecule has 0 aliphatic carbocycles. The van der Waals surface area contributed by atoms with Crippen LogP contribution in [0.2, 0.25) is 0 Å². The quantitative estimate of drug-likeness (QED) is 0.309. The van der Waals surface area contributed by atoms with E-state index in [1.807, 2.05) is 4.90 Å². The predicted molar refractivity (Wildman–Crippen MR) is 137 cm³/mol. The molecule has 1 fully saturated rings. The van der Waals surface area contributed by atoms with Gasteiger partial charge in [-0.25, -0.2) is 19.2 Å². The van der Waals surface area contributed by atoms with E-state index in [1.54, 1.807) is 13.0 Å². The standard InChI is InChI=1S/C24H23FN8O4S/c1-13-6-18(32-9-15(10-32)22(35)28-7-14-2-4-27-8-17(14)25)31-21-19(13)20(34)16(23(36)37-5-3-26)11-33(21)24-29-12-30-38-24/h2,4,6,8,11-12,15H,3,5,7,9-10,26H2,1H3,(H,28,35). The molecule has 14 heteroatoms. The zero-order valence-electron chi connectivity index (χ0n) is 20.3. The Balaban J connectivity index is 1.41. The molecular weight excluding hydrogens is 515 g/mol. The molecule has 1 saturated heterocycles. The van der Waals surface area contributed by atoms with E-state index in [2.05, 4.69) is 19.7 Å². The van der Waals surface area contributed by atoms with Gasteiger partial charge in [-0.2, -0.15) is 4.37 Å². The van der Waals surface area contributed by atoms with Crippen LogP contribution in [0.15, 0.2) is 41.8 Å². The summed E-state index contributed by atoms with van der Waals surface area (Å²) in [5, 5.41) is 3.42. The van der Waals surface area contributed by atoms with Crippen LogP contribution in [0.5, 0.6) is 0 Å². The molecule has 0 atom stereocenters. The van der Waals surface area contributed by atoms with Crippen LogP contribution in [0, 0.1) is 18.7 Å². The molecule has 196 valence electrons. The first-order valence-corrected chi connectivity index (χ1v) is 12.5. The number of nitrogens with one attached hydrogen (secondary N) is 1. The maximum Gasteiger partial charge on any atom is 0.343 e. The van der Waals surface area contributed by atoms with Gasteiger partial charge in [-0.15, -0.1) is 0 Å². The van der Waals surface area contributed by atoms with Gasteiger partial charge in [-0.3, -0.25) is 19.1 Å². The molecule has 3 N–H and O–H groups in total. The first-order valence-electron chi connectivity index (χ1n) is 11.7. The van der Waals surface area contributed by atoms with Gasteiger partial charge >= 0.3 is 5.97 Å². The second-order valence-electron chi connectivity index (χ2n) is 8.67. The lowest BCUT2D eigenvalue weighted by Crippen LogP contribution is -2.54. The highest BCUT2D eigenvalue weighted by Gasteiger charge is 2.34. The Hall–Kier alpha value is -4.30. The number of amides is 1. The van der Waals surface area contributed by atoms with Crippen LogP contribution in [-0.4, -0.2) is 62.0 Å². The Bertz CT molecular complexity index is 1570. The Morgan fingerprint density at radius 2 is 2.16 bits per heavy atom. The fraction of sp³-hybridized carbons (Fsp3) is 0.292. The van der Waals surface area contributed by atoms with Gasteiger partial charge in [-0.1, -0.05) is 0 Å². The number of esters is 1. The largest absolute Gasteiger partial charge is 0.461 e. The number of carbonyl (C=O) groups excluding carboxylic acids is 2. The van der Waals surface area contributed by atoms with E-state index in [-0.39, 0.29) is 42.5 Å². The molecule has 1 amide bonds. The van der Waals surface area contributed by atoms with Crippen molar-refractivity contribution >= 4 is 40.3 Å². The Labute approximate surface area is 219 Å². The lowest BCUT2D eigenvalue weighted by molar-refractivity contribution is -0.125. The molecule has 5 heterocycles. The molecule has 0 spiro atoms. The lowest BCUT2D eigenvalue weighted by atomic mass is 9.98. The third-order valence-electron chi connectivity index (χ3n) is 6.15. The average Bonchev–Trinajstić information content (AvgIpc) is 3.41. The third kappa shape index (κ3) is 4.82. The van der Waals surface area contributed by atoms with E-state index < -0.39 is 17.2 Å². The summed E-state index contributed by atoms with van der Waals surface area (Å²) in [6, 6.07) is 3.26. The van der Waals surface area contributed by atoms with E-state index in [0.717, 1.165) is 17.7 Å². The van der Waals surface area contributed by atoms with Crippen LogP contribution in [0.3, 0.4) is 0 Å². The van der Waals surface area contributed by atoms with Crippen molar-refractivity contribution < 1.29 is 18.7 Å². The summed E-state index contributed by atoms with van der Waals surface area (Å²) < 4.78 is 24.4. The second-order valence-corrected chi connectivity index (χ2v) is 9.43. The second kappa shape index (κ2) is 10.6. The van der Waals surface area contributed by atoms with Crippen molar-refractivity contribution in [2.24, 2.45) is 11.7 Å². The molecule has 38 heavy (non-hydrogen) atoms. The number of hydrogen-bond donors (Lipinski definition) is 2. The van der Waals surface area contributed by atoms with Crippen molar-refractivity contribution in [2.75, 3.05) is 31.1 Å². The Kier molecular flexibility index (Phi) is 7.07. The van der Waals surface area contributed by atoms with Crippen molar-refractivity contribution in [2.45, 2.75) is 13.5 Å². The molecule has 5 rings (SSSR count). The van der Waals surface area contributed by atoms with Crippen LogP contribution in [-0.2, 0) is 16.1 Å². The fourth-order valence-corrected chi connectivity index (χ4v) is 4.65. The summed E-state index contributed by atoms with van der Waals surface area (Å²) in [5.41, 5.74) is 6.01. The zero-order chi connectivity index (χ0) is 26.8. The third-order valence-corrected chi connectivity index (χ3v) is 6.82. The van der Waals surface area contributed by atoms with Crippen LogP contribution in [0.4, 0.5) is 10.2 Å². The highest BCUT2D eigenvalue weighted by Crippen LogP contribution is 2.28. The number of aromatic nitrogens is 5. The SMILES string of the molecule is Cc1cc(N2CC(C(=O)NCc3ccncc3F)C2)nc2c1c(=O)c(C(=O)OCCN)cn2-c1ncns1. The number of hydrogen-bond acceptors (Lipinski definition) is 11. The molecule has 0 saturated carbocycles. The Morgan fingerprint density at radius 1 is 1.34 bits per heavy atom. The van der Waals surface area contributed by atoms with Gasteiger partial charge in [0, 0.05) is 55.7 Å². The number of rotatable bonds is 8. The van der Waals surface area contributed by atoms with Gasteiger partial charge in [0.1, 0.15) is 30.1 Å². The monoisotopic (exact) mass is 538 g/mol. The van der Waals surface area contributed by atoms with Crippen LogP contribution in [0.25, 0.3) is 16.2 Å². The van der Waals surface area contributed by atoms with Crippen molar-refractivity contribution in [1.29, 1.82) is 0 Å². The van der Waals surface area contributed by atoms with Crippen molar-refractivity contribution in [3.8, 4) is 5.13 Å². The zero-order valence-corrected chi connectivity index (χ0v) is 21.1. The first-order chi connectivity index (χ1) is 18.4. The molecule has 0 unspecified atom stereocenters. The highest BCUT2D eigenvalue weighted by molar-refractivity contribution is 7.08. The molecule has 0 radical (unpaired) electrons. The number of nitrogens with two attached hydrogens (primary N) is 1. The summed E-state index contributed by atoms with van der Waals surface area (Å²) in [4.78, 5) is 53.0. The number of anilines is 1. The van der Waals surface area contributed by atoms with E-state index >= 15 is 0 Å². The van der Waals surface area contributed by atoms with E-state index in [4.69, 9.17) is 15.5 Å². The maximum absolute atomic E-state index is 13.8. The minimum atomic E-state index is -0.785. The van der Waals surface area contributed by atoms with E-state index in [9.17, 15) is 18.8 Å². The van der Waals surface area contributed by atoms with Gasteiger partial charge in [0.2, 0.25) is 16.5 Å². The molecule has 4 aromatic rings.